The SMILES string of the molecule is COC(=O)CCN(CC(C)C)C(=O)COCC(=O)O. The number of rotatable bonds is 9. The van der Waals surface area contributed by atoms with E-state index >= 15 is 0 Å². The lowest BCUT2D eigenvalue weighted by atomic mass is 10.2. The van der Waals surface area contributed by atoms with Crippen molar-refractivity contribution in [1.29, 1.82) is 0 Å². The Balaban J connectivity index is 4.26. The topological polar surface area (TPSA) is 93.1 Å². The van der Waals surface area contributed by atoms with Gasteiger partial charge in [-0.1, -0.05) is 13.8 Å². The van der Waals surface area contributed by atoms with E-state index in [0.29, 0.717) is 6.54 Å². The molecule has 0 aromatic heterocycles. The van der Waals surface area contributed by atoms with Gasteiger partial charge in [-0.25, -0.2) is 4.79 Å². The van der Waals surface area contributed by atoms with Crippen LogP contribution in [0.2, 0.25) is 0 Å². The van der Waals surface area contributed by atoms with Crippen molar-refractivity contribution in [3.63, 3.8) is 0 Å². The number of hydrogen-bond donors (Lipinski definition) is 1. The monoisotopic (exact) mass is 275 g/mol. The average Bonchev–Trinajstić information content (AvgIpc) is 2.32. The molecule has 0 aromatic rings. The zero-order chi connectivity index (χ0) is 14.8. The number of carboxylic acid groups (broad SMARTS) is 1. The molecule has 0 aliphatic carbocycles. The predicted octanol–water partition coefficient (Wildman–Crippen LogP) is 0.135. The van der Waals surface area contributed by atoms with Gasteiger partial charge in [-0.2, -0.15) is 0 Å². The van der Waals surface area contributed by atoms with Crippen molar-refractivity contribution in [2.24, 2.45) is 5.92 Å². The summed E-state index contributed by atoms with van der Waals surface area (Å²) in [7, 11) is 1.28. The molecule has 0 saturated heterocycles. The van der Waals surface area contributed by atoms with Crippen molar-refractivity contribution in [3.8, 4) is 0 Å². The van der Waals surface area contributed by atoms with E-state index in [0.717, 1.165) is 0 Å². The summed E-state index contributed by atoms with van der Waals surface area (Å²) in [6, 6.07) is 0. The first-order valence-electron chi connectivity index (χ1n) is 6.01. The standard InChI is InChI=1S/C12H21NO6/c1-9(2)6-13(5-4-12(17)18-3)10(14)7-19-8-11(15)16/h9H,4-8H2,1-3H3,(H,15,16). The van der Waals surface area contributed by atoms with Crippen LogP contribution in [0.15, 0.2) is 0 Å². The first-order chi connectivity index (χ1) is 8.86. The smallest absolute Gasteiger partial charge is 0.329 e. The highest BCUT2D eigenvalue weighted by Gasteiger charge is 2.17. The van der Waals surface area contributed by atoms with Crippen LogP contribution in [0.5, 0.6) is 0 Å². The summed E-state index contributed by atoms with van der Waals surface area (Å²) in [5, 5.41) is 8.41. The molecule has 0 aromatic carbocycles. The molecule has 0 unspecified atom stereocenters. The van der Waals surface area contributed by atoms with E-state index in [1.165, 1.54) is 12.0 Å². The summed E-state index contributed by atoms with van der Waals surface area (Å²) < 4.78 is 9.26. The largest absolute Gasteiger partial charge is 0.480 e. The molecule has 0 atom stereocenters. The molecule has 19 heavy (non-hydrogen) atoms. The summed E-state index contributed by atoms with van der Waals surface area (Å²) in [6.45, 7) is 3.78. The minimum absolute atomic E-state index is 0.105. The highest BCUT2D eigenvalue weighted by molar-refractivity contribution is 5.78. The second kappa shape index (κ2) is 9.32. The predicted molar refractivity (Wildman–Crippen MR) is 66.5 cm³/mol. The lowest BCUT2D eigenvalue weighted by Gasteiger charge is -2.24. The van der Waals surface area contributed by atoms with Gasteiger partial charge in [-0.3, -0.25) is 9.59 Å². The third-order valence-corrected chi connectivity index (χ3v) is 2.20. The molecule has 0 rings (SSSR count). The van der Waals surface area contributed by atoms with Gasteiger partial charge < -0.3 is 19.5 Å². The van der Waals surface area contributed by atoms with Crippen LogP contribution < -0.4 is 0 Å². The third-order valence-electron chi connectivity index (χ3n) is 2.20. The van der Waals surface area contributed by atoms with Crippen LogP contribution in [0.4, 0.5) is 0 Å². The maximum atomic E-state index is 11.8. The number of ether oxygens (including phenoxy) is 2. The molecule has 0 heterocycles. The number of carbonyl (C=O) groups is 3. The molecule has 0 fully saturated rings. The van der Waals surface area contributed by atoms with Crippen LogP contribution in [-0.2, 0) is 23.9 Å². The number of carbonyl (C=O) groups excluding carboxylic acids is 2. The second-order valence-corrected chi connectivity index (χ2v) is 4.45. The van der Waals surface area contributed by atoms with E-state index in [1.807, 2.05) is 13.8 Å². The molecule has 0 spiro atoms. The lowest BCUT2D eigenvalue weighted by Crippen LogP contribution is -2.38. The minimum atomic E-state index is -1.13. The van der Waals surface area contributed by atoms with Crippen LogP contribution in [0.25, 0.3) is 0 Å². The number of esters is 1. The Bertz CT molecular complexity index is 315. The number of amides is 1. The molecule has 0 aliphatic heterocycles. The molecule has 7 heteroatoms. The molecule has 7 nitrogen and oxygen atoms in total. The van der Waals surface area contributed by atoms with Crippen molar-refractivity contribution in [2.75, 3.05) is 33.4 Å². The average molecular weight is 275 g/mol. The fourth-order valence-corrected chi connectivity index (χ4v) is 1.40. The van der Waals surface area contributed by atoms with E-state index in [4.69, 9.17) is 9.84 Å². The van der Waals surface area contributed by atoms with Gasteiger partial charge in [0, 0.05) is 13.1 Å². The molecular weight excluding hydrogens is 254 g/mol. The summed E-state index contributed by atoms with van der Waals surface area (Å²) in [4.78, 5) is 34.6. The quantitative estimate of drug-likeness (QED) is 0.601. The molecule has 0 saturated carbocycles. The maximum Gasteiger partial charge on any atom is 0.329 e. The van der Waals surface area contributed by atoms with Gasteiger partial charge >= 0.3 is 11.9 Å². The van der Waals surface area contributed by atoms with Gasteiger partial charge in [-0.15, -0.1) is 0 Å². The minimum Gasteiger partial charge on any atom is -0.480 e. The van der Waals surface area contributed by atoms with Crippen LogP contribution in [0.3, 0.4) is 0 Å². The summed E-state index contributed by atoms with van der Waals surface area (Å²) >= 11 is 0. The molecule has 0 aliphatic rings. The van der Waals surface area contributed by atoms with Crippen molar-refractivity contribution in [2.45, 2.75) is 20.3 Å². The Labute approximate surface area is 112 Å². The van der Waals surface area contributed by atoms with Gasteiger partial charge in [0.15, 0.2) is 0 Å². The second-order valence-electron chi connectivity index (χ2n) is 4.45. The Morgan fingerprint density at radius 2 is 1.84 bits per heavy atom. The van der Waals surface area contributed by atoms with E-state index in [9.17, 15) is 14.4 Å². The number of carboxylic acids is 1. The summed E-state index contributed by atoms with van der Waals surface area (Å²) in [5.41, 5.74) is 0. The van der Waals surface area contributed by atoms with Crippen LogP contribution >= 0.6 is 0 Å². The van der Waals surface area contributed by atoms with Crippen molar-refractivity contribution < 1.29 is 29.0 Å². The molecule has 0 bridgehead atoms. The Morgan fingerprint density at radius 3 is 2.32 bits per heavy atom. The number of methoxy groups -OCH3 is 1. The number of hydrogen-bond acceptors (Lipinski definition) is 5. The Kier molecular flexibility index (Phi) is 8.52. The lowest BCUT2D eigenvalue weighted by molar-refractivity contribution is -0.146. The Hall–Kier alpha value is -1.63. The molecule has 110 valence electrons. The van der Waals surface area contributed by atoms with E-state index in [-0.39, 0.29) is 31.4 Å². The van der Waals surface area contributed by atoms with E-state index in [1.54, 1.807) is 0 Å². The molecule has 1 N–H and O–H groups in total. The van der Waals surface area contributed by atoms with Gasteiger partial charge in [0.2, 0.25) is 5.91 Å². The highest BCUT2D eigenvalue weighted by atomic mass is 16.5. The zero-order valence-electron chi connectivity index (χ0n) is 11.5. The van der Waals surface area contributed by atoms with Crippen LogP contribution in [-0.4, -0.2) is 61.3 Å². The molecule has 1 amide bonds. The molecule has 0 radical (unpaired) electrons. The van der Waals surface area contributed by atoms with Gasteiger partial charge in [-0.05, 0) is 5.92 Å². The van der Waals surface area contributed by atoms with Crippen molar-refractivity contribution in [3.05, 3.63) is 0 Å². The van der Waals surface area contributed by atoms with E-state index < -0.39 is 18.5 Å². The summed E-state index contributed by atoms with van der Waals surface area (Å²) in [6.07, 6.45) is 0.105. The first kappa shape index (κ1) is 17.4. The summed E-state index contributed by atoms with van der Waals surface area (Å²) in [5.74, 6) is -1.62. The normalized spacial score (nSPS) is 10.3. The van der Waals surface area contributed by atoms with Crippen molar-refractivity contribution in [1.82, 2.24) is 4.90 Å². The number of nitrogens with zero attached hydrogens (tertiary/aromatic N) is 1. The van der Waals surface area contributed by atoms with Crippen molar-refractivity contribution >= 4 is 17.8 Å². The van der Waals surface area contributed by atoms with Gasteiger partial charge in [0.05, 0.1) is 13.5 Å². The van der Waals surface area contributed by atoms with Crippen LogP contribution in [0.1, 0.15) is 20.3 Å². The van der Waals surface area contributed by atoms with Gasteiger partial charge in [0.1, 0.15) is 13.2 Å². The maximum absolute atomic E-state index is 11.8. The Morgan fingerprint density at radius 1 is 1.21 bits per heavy atom. The highest BCUT2D eigenvalue weighted by Crippen LogP contribution is 2.02. The fraction of sp³-hybridized carbons (Fsp3) is 0.750. The third kappa shape index (κ3) is 9.01. The zero-order valence-corrected chi connectivity index (χ0v) is 11.5. The fourth-order valence-electron chi connectivity index (χ4n) is 1.40. The number of aliphatic carboxylic acids is 1. The molecular formula is C12H21NO6. The van der Waals surface area contributed by atoms with Gasteiger partial charge in [0.25, 0.3) is 0 Å². The first-order valence-corrected chi connectivity index (χ1v) is 6.01. The van der Waals surface area contributed by atoms with Crippen LogP contribution in [0, 0.1) is 5.92 Å². The van der Waals surface area contributed by atoms with E-state index in [2.05, 4.69) is 4.74 Å².